The van der Waals surface area contributed by atoms with Crippen molar-refractivity contribution < 1.29 is 22.8 Å². The highest BCUT2D eigenvalue weighted by molar-refractivity contribution is 9.10. The van der Waals surface area contributed by atoms with Crippen LogP contribution in [0.15, 0.2) is 124 Å². The van der Waals surface area contributed by atoms with E-state index >= 15 is 0 Å². The van der Waals surface area contributed by atoms with Crippen molar-refractivity contribution in [3.63, 3.8) is 0 Å². The summed E-state index contributed by atoms with van der Waals surface area (Å²) in [4.78, 5) is 45.8. The minimum absolute atomic E-state index is 0.0450. The molecule has 4 atom stereocenters. The molecule has 0 aliphatic rings. The van der Waals surface area contributed by atoms with E-state index < -0.39 is 40.0 Å². The second kappa shape index (κ2) is 20.1. The van der Waals surface area contributed by atoms with Crippen molar-refractivity contribution in [3.8, 4) is 0 Å². The number of halogens is 2. The van der Waals surface area contributed by atoms with Crippen molar-refractivity contribution >= 4 is 71.0 Å². The first kappa shape index (κ1) is 44.0. The normalized spacial score (nSPS) is 13.4. The zero-order chi connectivity index (χ0) is 42.0. The van der Waals surface area contributed by atoms with Crippen molar-refractivity contribution in [2.45, 2.75) is 57.9 Å². The van der Waals surface area contributed by atoms with Crippen molar-refractivity contribution in [1.82, 2.24) is 26.3 Å². The first-order chi connectivity index (χ1) is 27.5. The molecule has 0 saturated carbocycles. The number of nitrogens with two attached hydrogens (primary N) is 1. The second-order valence-electron chi connectivity index (χ2n) is 14.1. The first-order valence-corrected chi connectivity index (χ1v) is 22.0. The lowest BCUT2D eigenvalue weighted by molar-refractivity contribution is -0.123. The average molecular weight is 934 g/mol. The van der Waals surface area contributed by atoms with Crippen molar-refractivity contribution in [2.75, 3.05) is 22.8 Å². The highest BCUT2D eigenvalue weighted by atomic mass is 79.9. The summed E-state index contributed by atoms with van der Waals surface area (Å²) in [6.07, 6.45) is 3.05. The van der Waals surface area contributed by atoms with E-state index in [1.807, 2.05) is 74.5 Å². The zero-order valence-electron chi connectivity index (χ0n) is 32.6. The van der Waals surface area contributed by atoms with Crippen LogP contribution >= 0.6 is 31.9 Å². The van der Waals surface area contributed by atoms with E-state index in [0.717, 1.165) is 26.3 Å². The second-order valence-corrected chi connectivity index (χ2v) is 17.9. The van der Waals surface area contributed by atoms with Crippen LogP contribution in [-0.4, -0.2) is 56.0 Å². The van der Waals surface area contributed by atoms with Gasteiger partial charge in [-0.25, -0.2) is 8.42 Å². The third-order valence-corrected chi connectivity index (χ3v) is 11.7. The van der Waals surface area contributed by atoms with Gasteiger partial charge >= 0.3 is 0 Å². The number of sulfonamides is 1. The highest BCUT2D eigenvalue weighted by Crippen LogP contribution is 2.26. The summed E-state index contributed by atoms with van der Waals surface area (Å²) in [5, 5.41) is 12.3. The van der Waals surface area contributed by atoms with Gasteiger partial charge in [-0.1, -0.05) is 74.3 Å². The smallest absolute Gasteiger partial charge is 0.251 e. The van der Waals surface area contributed by atoms with Gasteiger partial charge in [0.2, 0.25) is 15.9 Å². The quantitative estimate of drug-likeness (QED) is 0.0630. The van der Waals surface area contributed by atoms with Gasteiger partial charge in [0.05, 0.1) is 36.6 Å². The number of hydrogen-bond donors (Lipinski definition) is 5. The van der Waals surface area contributed by atoms with Crippen LogP contribution in [0.5, 0.6) is 0 Å². The molecule has 12 nitrogen and oxygen atoms in total. The Morgan fingerprint density at radius 3 is 1.86 bits per heavy atom. The largest absolute Gasteiger partial charge is 0.399 e. The molecular formula is C43H47Br2N7O5S. The predicted molar refractivity (Wildman–Crippen MR) is 236 cm³/mol. The Morgan fingerprint density at radius 2 is 1.29 bits per heavy atom. The molecule has 4 aromatic carbocycles. The number of rotatable bonds is 17. The number of carbonyl (C=O) groups is 3. The van der Waals surface area contributed by atoms with Crippen LogP contribution in [0, 0.1) is 0 Å². The fraction of sp³-hybridized carbons (Fsp3) is 0.256. The molecule has 6 N–H and O–H groups in total. The van der Waals surface area contributed by atoms with E-state index in [1.165, 1.54) is 22.5 Å². The van der Waals surface area contributed by atoms with Crippen LogP contribution in [-0.2, 0) is 27.8 Å². The van der Waals surface area contributed by atoms with Crippen molar-refractivity contribution in [2.24, 2.45) is 0 Å². The minimum atomic E-state index is -3.91. The SMILES string of the molecule is C[C@H](NC[C@H](Cc1ccccn1)NC(=O)c1cc(C(=O)N[C@H](C)c2ccc(Br)cc2)cc(N(Cc2ccc(Br)cc2)S(C)(=O)=O)c1)C(=O)N[C@H](C)c1ccc(N)cc1. The monoisotopic (exact) mass is 931 g/mol. The van der Waals surface area contributed by atoms with Crippen LogP contribution in [0.25, 0.3) is 0 Å². The summed E-state index contributed by atoms with van der Waals surface area (Å²) in [6.45, 7) is 5.60. The number of anilines is 2. The molecule has 0 spiro atoms. The number of aromatic nitrogens is 1. The Balaban J connectivity index is 1.42. The molecule has 0 saturated heterocycles. The molecule has 1 aromatic heterocycles. The third kappa shape index (κ3) is 12.7. The van der Waals surface area contributed by atoms with Gasteiger partial charge < -0.3 is 27.0 Å². The number of nitrogens with zero attached hydrogens (tertiary/aromatic N) is 2. The fourth-order valence-electron chi connectivity index (χ4n) is 6.12. The van der Waals surface area contributed by atoms with Crippen molar-refractivity contribution in [3.05, 3.63) is 158 Å². The highest BCUT2D eigenvalue weighted by Gasteiger charge is 2.25. The van der Waals surface area contributed by atoms with Gasteiger partial charge in [0, 0.05) is 56.7 Å². The maximum absolute atomic E-state index is 14.3. The van der Waals surface area contributed by atoms with Gasteiger partial charge in [0.1, 0.15) is 0 Å². The minimum Gasteiger partial charge on any atom is -0.399 e. The standard InChI is InChI=1S/C43H47Br2N7O5S/c1-27(32-12-18-37(46)19-13-32)49-41(53)29(3)48-25-39(24-38-7-5-6-20-47-38)51-43(55)34-21-33(42(54)50-28(2)31-10-16-36(45)17-11-31)22-40(23-34)52(58(4,56)57)26-30-8-14-35(44)15-9-30/h5-23,27-29,39,48H,24-26,46H2,1-4H3,(H,49,53)(H,50,54)(H,51,55)/t27-,28-,29+,39+/m1/s1. The van der Waals surface area contributed by atoms with E-state index in [-0.39, 0.29) is 41.9 Å². The maximum atomic E-state index is 14.3. The Hall–Kier alpha value is -5.09. The maximum Gasteiger partial charge on any atom is 0.251 e. The molecule has 5 rings (SSSR count). The number of nitrogens with one attached hydrogen (secondary N) is 4. The van der Waals surface area contributed by atoms with Crippen LogP contribution in [0.1, 0.15) is 76.0 Å². The number of nitrogen functional groups attached to an aromatic ring is 1. The number of hydrogen-bond acceptors (Lipinski definition) is 8. The van der Waals surface area contributed by atoms with Gasteiger partial charge in [0.15, 0.2) is 0 Å². The molecule has 0 radical (unpaired) electrons. The van der Waals surface area contributed by atoms with Crippen LogP contribution in [0.2, 0.25) is 0 Å². The lowest BCUT2D eigenvalue weighted by Crippen LogP contribution is -2.50. The Bertz CT molecular complexity index is 2300. The molecule has 3 amide bonds. The zero-order valence-corrected chi connectivity index (χ0v) is 36.6. The van der Waals surface area contributed by atoms with Gasteiger partial charge in [-0.15, -0.1) is 0 Å². The van der Waals surface area contributed by atoms with E-state index in [4.69, 9.17) is 5.73 Å². The molecule has 1 heterocycles. The molecule has 0 aliphatic carbocycles. The number of carbonyl (C=O) groups excluding carboxylic acids is 3. The average Bonchev–Trinajstić information content (AvgIpc) is 3.19. The van der Waals surface area contributed by atoms with Gasteiger partial charge in [-0.2, -0.15) is 0 Å². The van der Waals surface area contributed by atoms with Crippen LogP contribution in [0.3, 0.4) is 0 Å². The molecule has 5 aromatic rings. The molecule has 0 aliphatic heterocycles. The van der Waals surface area contributed by atoms with E-state index in [0.29, 0.717) is 23.4 Å². The lowest BCUT2D eigenvalue weighted by Gasteiger charge is -2.25. The predicted octanol–water partition coefficient (Wildman–Crippen LogP) is 6.84. The van der Waals surface area contributed by atoms with E-state index in [1.54, 1.807) is 43.5 Å². The number of amides is 3. The molecule has 58 heavy (non-hydrogen) atoms. The summed E-state index contributed by atoms with van der Waals surface area (Å²) >= 11 is 6.85. The van der Waals surface area contributed by atoms with Crippen LogP contribution < -0.4 is 31.3 Å². The Morgan fingerprint density at radius 1 is 0.741 bits per heavy atom. The fourth-order valence-corrected chi connectivity index (χ4v) is 7.52. The van der Waals surface area contributed by atoms with Crippen LogP contribution in [0.4, 0.5) is 11.4 Å². The molecule has 0 fully saturated rings. The Kier molecular flexibility index (Phi) is 15.2. The van der Waals surface area contributed by atoms with E-state index in [2.05, 4.69) is 58.1 Å². The lowest BCUT2D eigenvalue weighted by atomic mass is 10.0. The molecule has 304 valence electrons. The summed E-state index contributed by atoms with van der Waals surface area (Å²) in [5.74, 6) is -1.28. The third-order valence-electron chi connectivity index (χ3n) is 9.46. The van der Waals surface area contributed by atoms with Gasteiger partial charge in [-0.05, 0) is 104 Å². The first-order valence-electron chi connectivity index (χ1n) is 18.6. The molecule has 0 bridgehead atoms. The summed E-state index contributed by atoms with van der Waals surface area (Å²) < 4.78 is 29.6. The molecule has 15 heteroatoms. The van der Waals surface area contributed by atoms with Gasteiger partial charge in [-0.3, -0.25) is 23.7 Å². The van der Waals surface area contributed by atoms with E-state index in [9.17, 15) is 22.8 Å². The summed E-state index contributed by atoms with van der Waals surface area (Å²) in [6, 6.07) is 30.0. The summed E-state index contributed by atoms with van der Waals surface area (Å²) in [5.41, 5.74) is 9.91. The number of pyridine rings is 1. The Labute approximate surface area is 356 Å². The molecule has 0 unspecified atom stereocenters. The van der Waals surface area contributed by atoms with Crippen molar-refractivity contribution in [1.29, 1.82) is 0 Å². The van der Waals surface area contributed by atoms with Gasteiger partial charge in [0.25, 0.3) is 11.8 Å². The topological polar surface area (TPSA) is 176 Å². The summed E-state index contributed by atoms with van der Waals surface area (Å²) in [7, 11) is -3.91. The molecular weight excluding hydrogens is 886 g/mol. The number of benzene rings is 4.